The third-order valence-electron chi connectivity index (χ3n) is 5.37. The summed E-state index contributed by atoms with van der Waals surface area (Å²) in [6.45, 7) is 2.17. The standard InChI is InChI=1S/C22H20Cl2N2O5/c1-22(8-3-9-30-22)21(29)26-16(20(27)28)11-12-6-7-17-15(10-12)25-19(31-17)18-13(23)4-2-5-14(18)24/h2,4-7,10,16H,3,8-9,11H2,1H3,(H,26,29)(H,27,28)/t16-,22?/m0/s1. The molecule has 9 heteroatoms. The number of fused-ring (bicyclic) bond motifs is 1. The predicted molar refractivity (Wildman–Crippen MR) is 116 cm³/mol. The first-order valence-corrected chi connectivity index (χ1v) is 10.5. The van der Waals surface area contributed by atoms with Gasteiger partial charge >= 0.3 is 5.97 Å². The van der Waals surface area contributed by atoms with Gasteiger partial charge in [0.2, 0.25) is 5.89 Å². The minimum absolute atomic E-state index is 0.0855. The van der Waals surface area contributed by atoms with E-state index in [-0.39, 0.29) is 12.3 Å². The Balaban J connectivity index is 1.57. The molecule has 2 heterocycles. The monoisotopic (exact) mass is 462 g/mol. The second-order valence-corrected chi connectivity index (χ2v) is 8.48. The molecule has 3 aromatic rings. The molecule has 0 bridgehead atoms. The van der Waals surface area contributed by atoms with Gasteiger partial charge in [-0.1, -0.05) is 35.3 Å². The number of ether oxygens (including phenoxy) is 1. The molecule has 4 rings (SSSR count). The van der Waals surface area contributed by atoms with Gasteiger partial charge in [-0.3, -0.25) is 4.79 Å². The highest BCUT2D eigenvalue weighted by Crippen LogP contribution is 2.35. The van der Waals surface area contributed by atoms with Gasteiger partial charge in [0.15, 0.2) is 5.58 Å². The van der Waals surface area contributed by atoms with E-state index in [1.807, 2.05) is 0 Å². The lowest BCUT2D eigenvalue weighted by molar-refractivity contribution is -0.147. The number of carboxylic acids is 1. The van der Waals surface area contributed by atoms with E-state index in [0.717, 1.165) is 6.42 Å². The molecule has 1 unspecified atom stereocenters. The van der Waals surface area contributed by atoms with Gasteiger partial charge < -0.3 is 19.6 Å². The fourth-order valence-corrected chi connectivity index (χ4v) is 4.17. The van der Waals surface area contributed by atoms with Crippen molar-refractivity contribution in [1.29, 1.82) is 0 Å². The van der Waals surface area contributed by atoms with Crippen molar-refractivity contribution in [3.63, 3.8) is 0 Å². The molecule has 1 amide bonds. The number of halogens is 2. The normalized spacial score (nSPS) is 19.5. The second kappa shape index (κ2) is 8.49. The first kappa shape index (κ1) is 21.6. The Morgan fingerprint density at radius 2 is 2.00 bits per heavy atom. The zero-order valence-corrected chi connectivity index (χ0v) is 18.2. The number of carboxylic acid groups (broad SMARTS) is 1. The quantitative estimate of drug-likeness (QED) is 0.559. The summed E-state index contributed by atoms with van der Waals surface area (Å²) in [6.07, 6.45) is 1.41. The zero-order chi connectivity index (χ0) is 22.2. The van der Waals surface area contributed by atoms with Gasteiger partial charge in [0.25, 0.3) is 5.91 Å². The average Bonchev–Trinajstić information content (AvgIpc) is 3.34. The second-order valence-electron chi connectivity index (χ2n) is 7.67. The van der Waals surface area contributed by atoms with Gasteiger partial charge in [-0.05, 0) is 49.6 Å². The zero-order valence-electron chi connectivity index (χ0n) is 16.7. The highest BCUT2D eigenvalue weighted by atomic mass is 35.5. The number of nitrogens with one attached hydrogen (secondary N) is 1. The van der Waals surface area contributed by atoms with E-state index >= 15 is 0 Å². The maximum atomic E-state index is 12.6. The summed E-state index contributed by atoms with van der Waals surface area (Å²) in [5.41, 5.74) is 1.22. The molecule has 1 aromatic heterocycles. The highest BCUT2D eigenvalue weighted by Gasteiger charge is 2.39. The van der Waals surface area contributed by atoms with Crippen molar-refractivity contribution in [1.82, 2.24) is 10.3 Å². The average molecular weight is 463 g/mol. The lowest BCUT2D eigenvalue weighted by Crippen LogP contribution is -2.51. The third-order valence-corrected chi connectivity index (χ3v) is 6.00. The van der Waals surface area contributed by atoms with Crippen LogP contribution in [0.4, 0.5) is 0 Å². The van der Waals surface area contributed by atoms with E-state index in [9.17, 15) is 14.7 Å². The van der Waals surface area contributed by atoms with Crippen LogP contribution in [0.5, 0.6) is 0 Å². The molecule has 1 saturated heterocycles. The molecule has 1 aliphatic rings. The van der Waals surface area contributed by atoms with Crippen molar-refractivity contribution in [2.45, 2.75) is 37.8 Å². The van der Waals surface area contributed by atoms with Gasteiger partial charge in [-0.2, -0.15) is 0 Å². The van der Waals surface area contributed by atoms with Gasteiger partial charge in [0.05, 0.1) is 15.6 Å². The Hall–Kier alpha value is -2.61. The summed E-state index contributed by atoms with van der Waals surface area (Å²) in [4.78, 5) is 28.8. The summed E-state index contributed by atoms with van der Waals surface area (Å²) in [7, 11) is 0. The van der Waals surface area contributed by atoms with Crippen LogP contribution >= 0.6 is 23.2 Å². The Kier molecular flexibility index (Phi) is 5.92. The van der Waals surface area contributed by atoms with E-state index in [0.29, 0.717) is 45.3 Å². The van der Waals surface area contributed by atoms with Crippen molar-refractivity contribution in [2.75, 3.05) is 6.61 Å². The van der Waals surface area contributed by atoms with Gasteiger partial charge in [0.1, 0.15) is 17.2 Å². The molecule has 162 valence electrons. The Morgan fingerprint density at radius 1 is 1.26 bits per heavy atom. The molecular weight excluding hydrogens is 443 g/mol. The predicted octanol–water partition coefficient (Wildman–Crippen LogP) is 4.48. The largest absolute Gasteiger partial charge is 0.480 e. The van der Waals surface area contributed by atoms with Gasteiger partial charge in [-0.25, -0.2) is 9.78 Å². The SMILES string of the molecule is CC1(C(=O)N[C@@H](Cc2ccc3oc(-c4c(Cl)cccc4Cl)nc3c2)C(=O)O)CCCO1. The molecule has 0 radical (unpaired) electrons. The smallest absolute Gasteiger partial charge is 0.326 e. The minimum Gasteiger partial charge on any atom is -0.480 e. The van der Waals surface area contributed by atoms with E-state index in [2.05, 4.69) is 10.3 Å². The number of hydrogen-bond donors (Lipinski definition) is 2. The molecule has 1 aliphatic heterocycles. The van der Waals surface area contributed by atoms with E-state index in [1.54, 1.807) is 43.3 Å². The van der Waals surface area contributed by atoms with Crippen LogP contribution in [0, 0.1) is 0 Å². The lowest BCUT2D eigenvalue weighted by Gasteiger charge is -2.24. The fraction of sp³-hybridized carbons (Fsp3) is 0.318. The van der Waals surface area contributed by atoms with Crippen molar-refractivity contribution in [2.24, 2.45) is 0 Å². The number of aliphatic carboxylic acids is 1. The number of aromatic nitrogens is 1. The van der Waals surface area contributed by atoms with Crippen LogP contribution in [-0.4, -0.2) is 40.2 Å². The summed E-state index contributed by atoms with van der Waals surface area (Å²) < 4.78 is 11.3. The number of hydrogen-bond acceptors (Lipinski definition) is 5. The summed E-state index contributed by atoms with van der Waals surface area (Å²) in [6, 6.07) is 9.18. The van der Waals surface area contributed by atoms with Gasteiger partial charge in [-0.15, -0.1) is 0 Å². The molecule has 0 saturated carbocycles. The topological polar surface area (TPSA) is 102 Å². The van der Waals surface area contributed by atoms with Crippen LogP contribution in [0.15, 0.2) is 40.8 Å². The summed E-state index contributed by atoms with van der Waals surface area (Å²) in [5.74, 6) is -1.27. The molecule has 0 aliphatic carbocycles. The Labute approximate surface area is 188 Å². The van der Waals surface area contributed by atoms with Crippen molar-refractivity contribution in [3.8, 4) is 11.5 Å². The van der Waals surface area contributed by atoms with Crippen molar-refractivity contribution in [3.05, 3.63) is 52.0 Å². The third kappa shape index (κ3) is 4.39. The number of amides is 1. The fourth-order valence-electron chi connectivity index (χ4n) is 3.61. The van der Waals surface area contributed by atoms with Crippen LogP contribution in [0.2, 0.25) is 10.0 Å². The van der Waals surface area contributed by atoms with E-state index in [4.69, 9.17) is 32.4 Å². The van der Waals surface area contributed by atoms with Crippen LogP contribution in [0.3, 0.4) is 0 Å². The Bertz CT molecular complexity index is 1130. The van der Waals surface area contributed by atoms with Gasteiger partial charge in [0, 0.05) is 13.0 Å². The first-order valence-electron chi connectivity index (χ1n) is 9.78. The van der Waals surface area contributed by atoms with Crippen LogP contribution in [0.25, 0.3) is 22.6 Å². The molecule has 7 nitrogen and oxygen atoms in total. The maximum Gasteiger partial charge on any atom is 0.326 e. The number of carbonyl (C=O) groups excluding carboxylic acids is 1. The molecule has 1 fully saturated rings. The van der Waals surface area contributed by atoms with Crippen LogP contribution < -0.4 is 5.32 Å². The number of rotatable bonds is 6. The molecule has 2 atom stereocenters. The number of oxazole rings is 1. The maximum absolute atomic E-state index is 12.6. The van der Waals surface area contributed by atoms with Crippen molar-refractivity contribution >= 4 is 46.2 Å². The molecule has 0 spiro atoms. The van der Waals surface area contributed by atoms with Crippen LogP contribution in [0.1, 0.15) is 25.3 Å². The number of benzene rings is 2. The number of carbonyl (C=O) groups is 2. The first-order chi connectivity index (χ1) is 14.8. The minimum atomic E-state index is -1.13. The highest BCUT2D eigenvalue weighted by molar-refractivity contribution is 6.38. The lowest BCUT2D eigenvalue weighted by atomic mass is 10.00. The number of nitrogens with zero attached hydrogens (tertiary/aromatic N) is 1. The molecule has 2 N–H and O–H groups in total. The summed E-state index contributed by atoms with van der Waals surface area (Å²) in [5, 5.41) is 13.0. The molecule has 31 heavy (non-hydrogen) atoms. The van der Waals surface area contributed by atoms with E-state index < -0.39 is 23.5 Å². The molecular formula is C22H20Cl2N2O5. The van der Waals surface area contributed by atoms with E-state index in [1.165, 1.54) is 0 Å². The summed E-state index contributed by atoms with van der Waals surface area (Å²) >= 11 is 12.5. The molecule has 2 aromatic carbocycles. The Morgan fingerprint density at radius 3 is 2.65 bits per heavy atom. The van der Waals surface area contributed by atoms with Crippen molar-refractivity contribution < 1.29 is 23.8 Å². The van der Waals surface area contributed by atoms with Crippen LogP contribution in [-0.2, 0) is 20.7 Å².